The normalized spacial score (nSPS) is 11.5. The second-order valence-corrected chi connectivity index (χ2v) is 14.1. The van der Waals surface area contributed by atoms with Crippen LogP contribution < -0.4 is 4.90 Å². The summed E-state index contributed by atoms with van der Waals surface area (Å²) in [5, 5.41) is 6.07. The molecule has 2 nitrogen and oxygen atoms in total. The van der Waals surface area contributed by atoms with E-state index in [0.717, 1.165) is 44.6 Å². The molecule has 0 saturated carbocycles. The zero-order chi connectivity index (χ0) is 33.7. The van der Waals surface area contributed by atoms with E-state index >= 15 is 0 Å². The summed E-state index contributed by atoms with van der Waals surface area (Å²) in [4.78, 5) is 3.62. The fourth-order valence-corrected chi connectivity index (χ4v) is 8.29. The quantitative estimate of drug-likeness (QED) is 0.175. The third-order valence-electron chi connectivity index (χ3n) is 9.88. The van der Waals surface area contributed by atoms with E-state index in [2.05, 4.69) is 181 Å². The molecule has 3 heteroatoms. The van der Waals surface area contributed by atoms with Gasteiger partial charge in [-0.05, 0) is 117 Å². The third kappa shape index (κ3) is 5.36. The molecule has 0 fully saturated rings. The molecule has 0 saturated heterocycles. The molecule has 0 aliphatic carbocycles. The molecule has 0 aliphatic heterocycles. The number of anilines is 3. The fraction of sp³-hybridized carbons (Fsp3) is 0. The monoisotopic (exact) mass is 669 g/mol. The molecule has 0 aliphatic rings. The molecule has 2 heterocycles. The summed E-state index contributed by atoms with van der Waals surface area (Å²) in [6.07, 6.45) is 0. The topological polar surface area (TPSA) is 16.4 Å². The predicted molar refractivity (Wildman–Crippen MR) is 218 cm³/mol. The standard InChI is InChI=1S/C48H31NOS/c1-2-8-36-29-37(14-13-32(36)7-1)33-15-22-40(23-16-33)49(42-26-19-35(20-27-42)48-31-39-9-3-6-12-47(39)51-48)41-24-17-34(18-25-41)38-21-28-46-44(30-38)43-10-4-5-11-45(43)50-46/h1-31H. The van der Waals surface area contributed by atoms with Crippen LogP contribution in [0.3, 0.4) is 0 Å². The first-order valence-corrected chi connectivity index (χ1v) is 18.1. The van der Waals surface area contributed by atoms with E-state index in [1.54, 1.807) is 0 Å². The SMILES string of the molecule is c1ccc2cc(-c3ccc(N(c4ccc(-c5ccc6oc7ccccc7c6c5)cc4)c4ccc(-c5cc6ccccc6s5)cc4)cc3)ccc2c1. The van der Waals surface area contributed by atoms with Gasteiger partial charge < -0.3 is 9.32 Å². The van der Waals surface area contributed by atoms with E-state index in [4.69, 9.17) is 4.42 Å². The van der Waals surface area contributed by atoms with E-state index < -0.39 is 0 Å². The molecular formula is C48H31NOS. The molecule has 240 valence electrons. The van der Waals surface area contributed by atoms with Crippen LogP contribution in [-0.4, -0.2) is 0 Å². The molecule has 51 heavy (non-hydrogen) atoms. The van der Waals surface area contributed by atoms with Crippen molar-refractivity contribution in [3.05, 3.63) is 188 Å². The highest BCUT2D eigenvalue weighted by atomic mass is 32.1. The number of fused-ring (bicyclic) bond motifs is 5. The van der Waals surface area contributed by atoms with Crippen LogP contribution in [0.25, 0.3) is 75.5 Å². The summed E-state index contributed by atoms with van der Waals surface area (Å²) >= 11 is 1.84. The highest BCUT2D eigenvalue weighted by molar-refractivity contribution is 7.22. The van der Waals surface area contributed by atoms with Crippen molar-refractivity contribution in [2.45, 2.75) is 0 Å². The van der Waals surface area contributed by atoms with E-state index in [0.29, 0.717) is 0 Å². The van der Waals surface area contributed by atoms with E-state index in [1.165, 1.54) is 48.0 Å². The Hall–Kier alpha value is -6.42. The zero-order valence-electron chi connectivity index (χ0n) is 27.7. The molecule has 0 radical (unpaired) electrons. The van der Waals surface area contributed by atoms with Crippen molar-refractivity contribution in [2.75, 3.05) is 4.90 Å². The number of rotatable bonds is 6. The lowest BCUT2D eigenvalue weighted by Gasteiger charge is -2.26. The second-order valence-electron chi connectivity index (χ2n) is 13.0. The molecule has 8 aromatic carbocycles. The minimum absolute atomic E-state index is 0.911. The average Bonchev–Trinajstić information content (AvgIpc) is 3.80. The average molecular weight is 670 g/mol. The van der Waals surface area contributed by atoms with Crippen molar-refractivity contribution < 1.29 is 4.42 Å². The first kappa shape index (κ1) is 29.5. The van der Waals surface area contributed by atoms with Gasteiger partial charge in [-0.2, -0.15) is 0 Å². The molecule has 0 atom stereocenters. The van der Waals surface area contributed by atoms with Gasteiger partial charge in [0.25, 0.3) is 0 Å². The van der Waals surface area contributed by atoms with Crippen molar-refractivity contribution in [3.8, 4) is 32.7 Å². The largest absolute Gasteiger partial charge is 0.456 e. The minimum atomic E-state index is 0.911. The van der Waals surface area contributed by atoms with Crippen LogP contribution in [0, 0.1) is 0 Å². The van der Waals surface area contributed by atoms with Crippen molar-refractivity contribution in [2.24, 2.45) is 0 Å². The number of furan rings is 1. The second kappa shape index (κ2) is 12.2. The molecule has 0 unspecified atom stereocenters. The van der Waals surface area contributed by atoms with Gasteiger partial charge in [0.1, 0.15) is 11.2 Å². The smallest absolute Gasteiger partial charge is 0.135 e. The number of hydrogen-bond acceptors (Lipinski definition) is 3. The van der Waals surface area contributed by atoms with Crippen LogP contribution in [0.2, 0.25) is 0 Å². The van der Waals surface area contributed by atoms with Gasteiger partial charge in [0.05, 0.1) is 0 Å². The summed E-state index contributed by atoms with van der Waals surface area (Å²) in [6, 6.07) is 67.6. The van der Waals surface area contributed by atoms with E-state index in [1.807, 2.05) is 23.5 Å². The molecule has 0 spiro atoms. The minimum Gasteiger partial charge on any atom is -0.456 e. The van der Waals surface area contributed by atoms with E-state index in [9.17, 15) is 0 Å². The number of para-hydroxylation sites is 1. The predicted octanol–water partition coefficient (Wildman–Crippen LogP) is 14.4. The Morgan fingerprint density at radius 2 is 0.882 bits per heavy atom. The molecule has 0 bridgehead atoms. The van der Waals surface area contributed by atoms with Gasteiger partial charge >= 0.3 is 0 Å². The molecule has 0 N–H and O–H groups in total. The fourth-order valence-electron chi connectivity index (χ4n) is 7.23. The Morgan fingerprint density at radius 1 is 0.353 bits per heavy atom. The maximum absolute atomic E-state index is 6.09. The van der Waals surface area contributed by atoms with Gasteiger partial charge in [-0.15, -0.1) is 11.3 Å². The van der Waals surface area contributed by atoms with Crippen molar-refractivity contribution in [1.29, 1.82) is 0 Å². The maximum atomic E-state index is 6.09. The third-order valence-corrected chi connectivity index (χ3v) is 11.0. The van der Waals surface area contributed by atoms with Gasteiger partial charge in [-0.1, -0.05) is 115 Å². The zero-order valence-corrected chi connectivity index (χ0v) is 28.5. The Labute approximate surface area is 300 Å². The summed E-state index contributed by atoms with van der Waals surface area (Å²) in [5.74, 6) is 0. The van der Waals surface area contributed by atoms with Crippen LogP contribution in [-0.2, 0) is 0 Å². The number of nitrogens with zero attached hydrogens (tertiary/aromatic N) is 1. The Morgan fingerprint density at radius 3 is 1.59 bits per heavy atom. The molecule has 2 aromatic heterocycles. The Bertz CT molecular complexity index is 2810. The van der Waals surface area contributed by atoms with Gasteiger partial charge in [0.15, 0.2) is 0 Å². The highest BCUT2D eigenvalue weighted by Crippen LogP contribution is 2.40. The number of thiophene rings is 1. The lowest BCUT2D eigenvalue weighted by Crippen LogP contribution is -2.09. The highest BCUT2D eigenvalue weighted by Gasteiger charge is 2.15. The van der Waals surface area contributed by atoms with Crippen LogP contribution in [0.15, 0.2) is 192 Å². The van der Waals surface area contributed by atoms with Crippen molar-refractivity contribution >= 4 is 71.2 Å². The van der Waals surface area contributed by atoms with Gasteiger partial charge in [0.2, 0.25) is 0 Å². The molecule has 10 aromatic rings. The van der Waals surface area contributed by atoms with Crippen molar-refractivity contribution in [3.63, 3.8) is 0 Å². The summed E-state index contributed by atoms with van der Waals surface area (Å²) < 4.78 is 7.40. The molecule has 10 rings (SSSR count). The van der Waals surface area contributed by atoms with E-state index in [-0.39, 0.29) is 0 Å². The van der Waals surface area contributed by atoms with Gasteiger partial charge in [0, 0.05) is 37.4 Å². The summed E-state index contributed by atoms with van der Waals surface area (Å²) in [7, 11) is 0. The van der Waals surface area contributed by atoms with Crippen LogP contribution in [0.1, 0.15) is 0 Å². The van der Waals surface area contributed by atoms with Gasteiger partial charge in [-0.25, -0.2) is 0 Å². The number of benzene rings is 8. The van der Waals surface area contributed by atoms with Crippen LogP contribution >= 0.6 is 11.3 Å². The Kier molecular flexibility index (Phi) is 7.04. The lowest BCUT2D eigenvalue weighted by molar-refractivity contribution is 0.669. The number of hydrogen-bond donors (Lipinski definition) is 0. The lowest BCUT2D eigenvalue weighted by atomic mass is 10.0. The first-order chi connectivity index (χ1) is 25.2. The van der Waals surface area contributed by atoms with Crippen LogP contribution in [0.4, 0.5) is 17.1 Å². The molecular weight excluding hydrogens is 639 g/mol. The van der Waals surface area contributed by atoms with Gasteiger partial charge in [-0.3, -0.25) is 0 Å². The summed E-state index contributed by atoms with van der Waals surface area (Å²) in [6.45, 7) is 0. The molecule has 0 amide bonds. The maximum Gasteiger partial charge on any atom is 0.135 e. The first-order valence-electron chi connectivity index (χ1n) is 17.2. The van der Waals surface area contributed by atoms with Crippen LogP contribution in [0.5, 0.6) is 0 Å². The Balaban J connectivity index is 1.02. The summed E-state index contributed by atoms with van der Waals surface area (Å²) in [5.41, 5.74) is 11.1. The van der Waals surface area contributed by atoms with Crippen molar-refractivity contribution in [1.82, 2.24) is 0 Å².